The maximum Gasteiger partial charge on any atom is 0.340 e. The number of anilines is 1. The van der Waals surface area contributed by atoms with E-state index in [9.17, 15) is 4.79 Å². The summed E-state index contributed by atoms with van der Waals surface area (Å²) in [6, 6.07) is 0. The third-order valence-corrected chi connectivity index (χ3v) is 4.18. The molecule has 0 fully saturated rings. The van der Waals surface area contributed by atoms with Crippen LogP contribution in [0.1, 0.15) is 43.7 Å². The van der Waals surface area contributed by atoms with Crippen molar-refractivity contribution in [3.05, 3.63) is 11.3 Å². The first kappa shape index (κ1) is 15.0. The molecule has 0 spiro atoms. The molecular weight excluding hydrogens is 248 g/mol. The Bertz CT molecular complexity index is 405. The Morgan fingerprint density at radius 2 is 1.89 bits per heavy atom. The van der Waals surface area contributed by atoms with Crippen molar-refractivity contribution >= 4 is 22.5 Å². The monoisotopic (exact) mass is 270 g/mol. The largest absolute Gasteiger partial charge is 0.478 e. The number of carboxylic acid groups (broad SMARTS) is 1. The molecule has 0 bridgehead atoms. The standard InChI is InChI=1S/C13H22N2O2S/c1-7(2)10(8(3)4)6-14-12-11(13(16)17)9(5)15-18-12/h7-8,10,14H,6H2,1-5H3,(H,16,17). The zero-order valence-corrected chi connectivity index (χ0v) is 12.5. The van der Waals surface area contributed by atoms with Crippen molar-refractivity contribution in [2.24, 2.45) is 17.8 Å². The molecule has 0 saturated heterocycles. The SMILES string of the molecule is Cc1nsc(NCC(C(C)C)C(C)C)c1C(=O)O. The summed E-state index contributed by atoms with van der Waals surface area (Å²) in [5, 5.41) is 13.1. The van der Waals surface area contributed by atoms with Crippen LogP contribution in [0.2, 0.25) is 0 Å². The normalized spacial score (nSPS) is 11.6. The predicted molar refractivity (Wildman–Crippen MR) is 75.5 cm³/mol. The quantitative estimate of drug-likeness (QED) is 0.830. The fraction of sp³-hybridized carbons (Fsp3) is 0.692. The molecule has 0 atom stereocenters. The van der Waals surface area contributed by atoms with Gasteiger partial charge in [0, 0.05) is 6.54 Å². The van der Waals surface area contributed by atoms with Crippen LogP contribution < -0.4 is 5.32 Å². The maximum absolute atomic E-state index is 11.1. The van der Waals surface area contributed by atoms with Gasteiger partial charge in [0.1, 0.15) is 10.6 Å². The maximum atomic E-state index is 11.1. The zero-order chi connectivity index (χ0) is 13.9. The highest BCUT2D eigenvalue weighted by Crippen LogP contribution is 2.27. The molecule has 1 aromatic heterocycles. The number of hydrogen-bond donors (Lipinski definition) is 2. The number of aromatic nitrogens is 1. The molecule has 0 aromatic carbocycles. The van der Waals surface area contributed by atoms with E-state index in [0.717, 1.165) is 6.54 Å². The van der Waals surface area contributed by atoms with Crippen molar-refractivity contribution in [3.63, 3.8) is 0 Å². The lowest BCUT2D eigenvalue weighted by atomic mass is 9.85. The van der Waals surface area contributed by atoms with Crippen molar-refractivity contribution in [1.82, 2.24) is 4.37 Å². The zero-order valence-electron chi connectivity index (χ0n) is 11.7. The minimum absolute atomic E-state index is 0.311. The molecule has 0 saturated carbocycles. The molecule has 4 nitrogen and oxygen atoms in total. The van der Waals surface area contributed by atoms with E-state index in [1.54, 1.807) is 6.92 Å². The van der Waals surface area contributed by atoms with E-state index in [1.807, 2.05) is 0 Å². The van der Waals surface area contributed by atoms with Gasteiger partial charge in [0.05, 0.1) is 5.69 Å². The highest BCUT2D eigenvalue weighted by Gasteiger charge is 2.21. The molecule has 0 radical (unpaired) electrons. The van der Waals surface area contributed by atoms with Gasteiger partial charge < -0.3 is 10.4 Å². The molecule has 0 aliphatic carbocycles. The summed E-state index contributed by atoms with van der Waals surface area (Å²) in [6.07, 6.45) is 0. The number of hydrogen-bond acceptors (Lipinski definition) is 4. The fourth-order valence-corrected chi connectivity index (χ4v) is 2.99. The van der Waals surface area contributed by atoms with Gasteiger partial charge in [-0.25, -0.2) is 4.79 Å². The summed E-state index contributed by atoms with van der Waals surface area (Å²) < 4.78 is 4.10. The lowest BCUT2D eigenvalue weighted by Gasteiger charge is -2.25. The number of carbonyl (C=O) groups is 1. The minimum atomic E-state index is -0.908. The molecule has 0 aliphatic rings. The lowest BCUT2D eigenvalue weighted by Crippen LogP contribution is -2.24. The molecule has 1 aromatic rings. The first-order valence-corrected chi connectivity index (χ1v) is 7.05. The van der Waals surface area contributed by atoms with E-state index in [0.29, 0.717) is 34.0 Å². The topological polar surface area (TPSA) is 62.2 Å². The van der Waals surface area contributed by atoms with E-state index in [1.165, 1.54) is 11.5 Å². The molecule has 1 rings (SSSR count). The number of aryl methyl sites for hydroxylation is 1. The number of carboxylic acids is 1. The summed E-state index contributed by atoms with van der Waals surface area (Å²) in [5.74, 6) is 0.753. The Labute approximate surface area is 113 Å². The van der Waals surface area contributed by atoms with Gasteiger partial charge in [-0.3, -0.25) is 0 Å². The predicted octanol–water partition coefficient (Wildman–Crippen LogP) is 3.49. The van der Waals surface area contributed by atoms with Gasteiger partial charge in [-0.05, 0) is 36.2 Å². The molecule has 2 N–H and O–H groups in total. The average Bonchev–Trinajstić information content (AvgIpc) is 2.58. The van der Waals surface area contributed by atoms with Gasteiger partial charge in [-0.15, -0.1) is 0 Å². The van der Waals surface area contributed by atoms with Crippen LogP contribution in [-0.4, -0.2) is 22.0 Å². The second-order valence-corrected chi connectivity index (χ2v) is 6.08. The summed E-state index contributed by atoms with van der Waals surface area (Å²) >= 11 is 1.23. The highest BCUT2D eigenvalue weighted by molar-refractivity contribution is 7.10. The van der Waals surface area contributed by atoms with Crippen LogP contribution in [0.4, 0.5) is 5.00 Å². The van der Waals surface area contributed by atoms with Gasteiger partial charge in [-0.2, -0.15) is 4.37 Å². The number of rotatable bonds is 6. The van der Waals surface area contributed by atoms with E-state index in [-0.39, 0.29) is 0 Å². The van der Waals surface area contributed by atoms with Crippen molar-refractivity contribution < 1.29 is 9.90 Å². The molecule has 102 valence electrons. The molecule has 18 heavy (non-hydrogen) atoms. The van der Waals surface area contributed by atoms with Crippen LogP contribution >= 0.6 is 11.5 Å². The van der Waals surface area contributed by atoms with Crippen LogP contribution in [0.5, 0.6) is 0 Å². The smallest absolute Gasteiger partial charge is 0.340 e. The summed E-state index contributed by atoms with van der Waals surface area (Å²) in [5.41, 5.74) is 0.895. The van der Waals surface area contributed by atoms with Crippen molar-refractivity contribution in [3.8, 4) is 0 Å². The van der Waals surface area contributed by atoms with E-state index in [4.69, 9.17) is 5.11 Å². The van der Waals surface area contributed by atoms with Crippen LogP contribution in [-0.2, 0) is 0 Å². The van der Waals surface area contributed by atoms with E-state index >= 15 is 0 Å². The van der Waals surface area contributed by atoms with Gasteiger partial charge >= 0.3 is 5.97 Å². The van der Waals surface area contributed by atoms with Crippen molar-refractivity contribution in [1.29, 1.82) is 0 Å². The van der Waals surface area contributed by atoms with E-state index < -0.39 is 5.97 Å². The fourth-order valence-electron chi connectivity index (χ4n) is 2.19. The number of aromatic carboxylic acids is 1. The Morgan fingerprint density at radius 1 is 1.33 bits per heavy atom. The van der Waals surface area contributed by atoms with Crippen LogP contribution in [0.3, 0.4) is 0 Å². The van der Waals surface area contributed by atoms with Gasteiger partial charge in [0.25, 0.3) is 0 Å². The van der Waals surface area contributed by atoms with Crippen LogP contribution in [0.25, 0.3) is 0 Å². The van der Waals surface area contributed by atoms with Crippen molar-refractivity contribution in [2.45, 2.75) is 34.6 Å². The van der Waals surface area contributed by atoms with Gasteiger partial charge in [0.2, 0.25) is 0 Å². The van der Waals surface area contributed by atoms with Gasteiger partial charge in [-0.1, -0.05) is 27.7 Å². The Kier molecular flexibility index (Phi) is 5.14. The third-order valence-electron chi connectivity index (χ3n) is 3.29. The highest BCUT2D eigenvalue weighted by atomic mass is 32.1. The van der Waals surface area contributed by atoms with E-state index in [2.05, 4.69) is 37.4 Å². The summed E-state index contributed by atoms with van der Waals surface area (Å²) in [6.45, 7) is 11.3. The molecule has 0 unspecified atom stereocenters. The Hall–Kier alpha value is -1.10. The molecule has 5 heteroatoms. The Balaban J connectivity index is 2.77. The molecule has 0 aliphatic heterocycles. The van der Waals surface area contributed by atoms with Gasteiger partial charge in [0.15, 0.2) is 0 Å². The number of nitrogens with one attached hydrogen (secondary N) is 1. The molecule has 1 heterocycles. The number of nitrogens with zero attached hydrogens (tertiary/aromatic N) is 1. The average molecular weight is 270 g/mol. The Morgan fingerprint density at radius 3 is 2.33 bits per heavy atom. The van der Waals surface area contributed by atoms with Crippen LogP contribution in [0, 0.1) is 24.7 Å². The molecule has 0 amide bonds. The summed E-state index contributed by atoms with van der Waals surface area (Å²) in [7, 11) is 0. The third kappa shape index (κ3) is 3.45. The van der Waals surface area contributed by atoms with Crippen molar-refractivity contribution in [2.75, 3.05) is 11.9 Å². The minimum Gasteiger partial charge on any atom is -0.478 e. The first-order valence-electron chi connectivity index (χ1n) is 6.28. The molecular formula is C13H22N2O2S. The lowest BCUT2D eigenvalue weighted by molar-refractivity contribution is 0.0697. The second-order valence-electron chi connectivity index (χ2n) is 5.31. The summed E-state index contributed by atoms with van der Waals surface area (Å²) in [4.78, 5) is 11.1. The second kappa shape index (κ2) is 6.18. The first-order chi connectivity index (χ1) is 8.34. The van der Waals surface area contributed by atoms with Crippen LogP contribution in [0.15, 0.2) is 0 Å².